The van der Waals surface area contributed by atoms with Crippen LogP contribution in [0.3, 0.4) is 0 Å². The predicted molar refractivity (Wildman–Crippen MR) is 70.4 cm³/mol. The van der Waals surface area contributed by atoms with Crippen molar-refractivity contribution in [2.24, 2.45) is 7.05 Å². The molecule has 0 spiro atoms. The fraction of sp³-hybridized carbons (Fsp3) is 0.455. The first-order valence-electron chi connectivity index (χ1n) is 6.13. The Bertz CT molecular complexity index is 731. The van der Waals surface area contributed by atoms with Crippen LogP contribution < -0.4 is 5.73 Å². The second-order valence-electron chi connectivity index (χ2n) is 4.47. The number of aryl methyl sites for hydroxylation is 3. The second-order valence-corrected chi connectivity index (χ2v) is 4.47. The smallest absolute Gasteiger partial charge is 0.202 e. The molecule has 3 heterocycles. The van der Waals surface area contributed by atoms with Gasteiger partial charge in [-0.15, -0.1) is 10.2 Å². The van der Waals surface area contributed by atoms with Crippen LogP contribution in [0.4, 0.5) is 5.95 Å². The molecule has 3 aromatic rings. The molecule has 8 heteroatoms. The first kappa shape index (κ1) is 11.7. The average Bonchev–Trinajstić information content (AvgIpc) is 3.01. The van der Waals surface area contributed by atoms with Gasteiger partial charge in [-0.1, -0.05) is 0 Å². The molecule has 0 fully saturated rings. The Morgan fingerprint density at radius 1 is 1.37 bits per heavy atom. The number of anilines is 1. The number of hydrogen-bond donors (Lipinski definition) is 1. The Hall–Kier alpha value is -2.38. The number of nitrogens with zero attached hydrogens (tertiary/aromatic N) is 7. The molecule has 3 rings (SSSR count). The molecule has 0 saturated heterocycles. The summed E-state index contributed by atoms with van der Waals surface area (Å²) in [5.41, 5.74) is 8.61. The number of hydrogen-bond acceptors (Lipinski definition) is 5. The molecule has 0 atom stereocenters. The lowest BCUT2D eigenvalue weighted by Crippen LogP contribution is -2.12. The molecule has 0 saturated carbocycles. The minimum Gasteiger partial charge on any atom is -0.369 e. The highest BCUT2D eigenvalue weighted by Crippen LogP contribution is 2.21. The summed E-state index contributed by atoms with van der Waals surface area (Å²) in [6.07, 6.45) is 1.72. The zero-order chi connectivity index (χ0) is 13.6. The molecule has 100 valence electrons. The molecule has 2 N–H and O–H groups in total. The standard InChI is InChI=1S/C11H16N8/c1-4-18-6-13-15-8(18)5-19-10-9(14-11(19)12)7(2)16-17(10)3/h6H,4-5H2,1-3H3,(H2,12,14). The third-order valence-corrected chi connectivity index (χ3v) is 3.26. The van der Waals surface area contributed by atoms with Gasteiger partial charge in [-0.3, -0.25) is 9.25 Å². The molecular formula is C11H16N8. The second kappa shape index (κ2) is 4.08. The lowest BCUT2D eigenvalue weighted by atomic mass is 10.4. The monoisotopic (exact) mass is 260 g/mol. The van der Waals surface area contributed by atoms with E-state index in [2.05, 4.69) is 20.3 Å². The van der Waals surface area contributed by atoms with E-state index in [0.29, 0.717) is 12.5 Å². The van der Waals surface area contributed by atoms with Gasteiger partial charge in [-0.25, -0.2) is 4.98 Å². The molecule has 3 aromatic heterocycles. The lowest BCUT2D eigenvalue weighted by molar-refractivity contribution is 0.648. The van der Waals surface area contributed by atoms with Crippen molar-refractivity contribution < 1.29 is 0 Å². The van der Waals surface area contributed by atoms with Gasteiger partial charge in [0, 0.05) is 13.6 Å². The predicted octanol–water partition coefficient (Wildman–Crippen LogP) is 0.320. The average molecular weight is 260 g/mol. The Balaban J connectivity index is 2.12. The zero-order valence-electron chi connectivity index (χ0n) is 11.2. The summed E-state index contributed by atoms with van der Waals surface area (Å²) in [7, 11) is 1.89. The van der Waals surface area contributed by atoms with Gasteiger partial charge in [-0.05, 0) is 13.8 Å². The molecule has 0 aliphatic heterocycles. The molecular weight excluding hydrogens is 244 g/mol. The van der Waals surface area contributed by atoms with E-state index >= 15 is 0 Å². The first-order chi connectivity index (χ1) is 9.11. The van der Waals surface area contributed by atoms with Gasteiger partial charge in [0.2, 0.25) is 5.95 Å². The van der Waals surface area contributed by atoms with Crippen molar-refractivity contribution in [3.63, 3.8) is 0 Å². The Kier molecular flexibility index (Phi) is 2.51. The van der Waals surface area contributed by atoms with Crippen molar-refractivity contribution >= 4 is 17.1 Å². The number of rotatable bonds is 3. The number of aromatic nitrogens is 7. The van der Waals surface area contributed by atoms with Gasteiger partial charge in [0.25, 0.3) is 0 Å². The maximum Gasteiger partial charge on any atom is 0.202 e. The van der Waals surface area contributed by atoms with E-state index in [1.807, 2.05) is 30.0 Å². The number of nitrogen functional groups attached to an aromatic ring is 1. The maximum atomic E-state index is 6.00. The van der Waals surface area contributed by atoms with E-state index in [1.54, 1.807) is 11.0 Å². The quantitative estimate of drug-likeness (QED) is 0.732. The van der Waals surface area contributed by atoms with E-state index < -0.39 is 0 Å². The zero-order valence-corrected chi connectivity index (χ0v) is 11.2. The highest BCUT2D eigenvalue weighted by atomic mass is 15.4. The first-order valence-corrected chi connectivity index (χ1v) is 6.13. The number of nitrogens with two attached hydrogens (primary N) is 1. The van der Waals surface area contributed by atoms with Crippen LogP contribution in [0, 0.1) is 6.92 Å². The van der Waals surface area contributed by atoms with Crippen molar-refractivity contribution in [1.29, 1.82) is 0 Å². The van der Waals surface area contributed by atoms with Crippen LogP contribution in [0.25, 0.3) is 11.2 Å². The summed E-state index contributed by atoms with van der Waals surface area (Å²) in [5.74, 6) is 1.32. The van der Waals surface area contributed by atoms with Gasteiger partial charge >= 0.3 is 0 Å². The van der Waals surface area contributed by atoms with Crippen LogP contribution in [0.5, 0.6) is 0 Å². The minimum absolute atomic E-state index is 0.469. The molecule has 8 nitrogen and oxygen atoms in total. The van der Waals surface area contributed by atoms with Crippen LogP contribution in [-0.4, -0.2) is 34.1 Å². The maximum absolute atomic E-state index is 6.00. The lowest BCUT2D eigenvalue weighted by Gasteiger charge is -2.07. The van der Waals surface area contributed by atoms with E-state index in [9.17, 15) is 0 Å². The Morgan fingerprint density at radius 3 is 2.89 bits per heavy atom. The fourth-order valence-corrected chi connectivity index (χ4v) is 2.31. The largest absolute Gasteiger partial charge is 0.369 e. The topological polar surface area (TPSA) is 92.4 Å². The van der Waals surface area contributed by atoms with Gasteiger partial charge in [0.1, 0.15) is 11.8 Å². The van der Waals surface area contributed by atoms with Crippen LogP contribution in [0.15, 0.2) is 6.33 Å². The van der Waals surface area contributed by atoms with Crippen molar-refractivity contribution in [2.75, 3.05) is 5.73 Å². The SMILES string of the molecule is CCn1cnnc1Cn1c(N)nc2c(C)nn(C)c21. The van der Waals surface area contributed by atoms with Crippen LogP contribution in [-0.2, 0) is 20.1 Å². The van der Waals surface area contributed by atoms with Gasteiger partial charge in [0.15, 0.2) is 11.5 Å². The molecule has 0 amide bonds. The van der Waals surface area contributed by atoms with Crippen molar-refractivity contribution in [1.82, 2.24) is 34.1 Å². The molecule has 0 unspecified atom stereocenters. The third-order valence-electron chi connectivity index (χ3n) is 3.26. The summed E-state index contributed by atoms with van der Waals surface area (Å²) in [5, 5.41) is 12.4. The van der Waals surface area contributed by atoms with Gasteiger partial charge in [0.05, 0.1) is 12.2 Å². The van der Waals surface area contributed by atoms with Crippen molar-refractivity contribution in [2.45, 2.75) is 26.9 Å². The summed E-state index contributed by atoms with van der Waals surface area (Å²) >= 11 is 0. The normalized spacial score (nSPS) is 11.5. The molecule has 19 heavy (non-hydrogen) atoms. The van der Waals surface area contributed by atoms with E-state index in [4.69, 9.17) is 5.73 Å². The van der Waals surface area contributed by atoms with E-state index in [-0.39, 0.29) is 0 Å². The van der Waals surface area contributed by atoms with Crippen LogP contribution in [0.2, 0.25) is 0 Å². The van der Waals surface area contributed by atoms with E-state index in [0.717, 1.165) is 29.2 Å². The van der Waals surface area contributed by atoms with E-state index in [1.165, 1.54) is 0 Å². The molecule has 0 aromatic carbocycles. The fourth-order valence-electron chi connectivity index (χ4n) is 2.31. The van der Waals surface area contributed by atoms with Crippen LogP contribution in [0.1, 0.15) is 18.4 Å². The highest BCUT2D eigenvalue weighted by Gasteiger charge is 2.17. The molecule has 0 aliphatic carbocycles. The summed E-state index contributed by atoms with van der Waals surface area (Å²) in [6, 6.07) is 0. The molecule has 0 bridgehead atoms. The third kappa shape index (κ3) is 1.67. The number of fused-ring (bicyclic) bond motifs is 1. The summed E-state index contributed by atoms with van der Waals surface area (Å²) in [6.45, 7) is 5.33. The summed E-state index contributed by atoms with van der Waals surface area (Å²) < 4.78 is 5.68. The van der Waals surface area contributed by atoms with Gasteiger partial charge < -0.3 is 10.3 Å². The highest BCUT2D eigenvalue weighted by molar-refractivity contribution is 5.77. The Morgan fingerprint density at radius 2 is 2.16 bits per heavy atom. The van der Waals surface area contributed by atoms with Crippen LogP contribution >= 0.6 is 0 Å². The van der Waals surface area contributed by atoms with Crippen molar-refractivity contribution in [3.8, 4) is 0 Å². The summed E-state index contributed by atoms with van der Waals surface area (Å²) in [4.78, 5) is 4.37. The molecule has 0 aliphatic rings. The number of imidazole rings is 1. The van der Waals surface area contributed by atoms with Crippen molar-refractivity contribution in [3.05, 3.63) is 17.8 Å². The minimum atomic E-state index is 0.469. The molecule has 0 radical (unpaired) electrons. The Labute approximate surface area is 109 Å². The van der Waals surface area contributed by atoms with Gasteiger partial charge in [-0.2, -0.15) is 5.10 Å².